The van der Waals surface area contributed by atoms with E-state index < -0.39 is 17.7 Å². The number of hydrogen-bond acceptors (Lipinski definition) is 3. The number of rotatable bonds is 2. The van der Waals surface area contributed by atoms with Gasteiger partial charge in [0.2, 0.25) is 5.91 Å². The van der Waals surface area contributed by atoms with E-state index in [-0.39, 0.29) is 17.4 Å². The topological polar surface area (TPSA) is 88.1 Å². The Kier molecular flexibility index (Phi) is 2.60. The van der Waals surface area contributed by atoms with Crippen LogP contribution in [0.4, 0.5) is 0 Å². The summed E-state index contributed by atoms with van der Waals surface area (Å²) >= 11 is 0. The van der Waals surface area contributed by atoms with Gasteiger partial charge in [0.25, 0.3) is 6.04 Å². The molecule has 6 rings (SSSR count). The Morgan fingerprint density at radius 2 is 2.00 bits per heavy atom. The lowest BCUT2D eigenvalue weighted by molar-refractivity contribution is -0.178. The van der Waals surface area contributed by atoms with E-state index in [9.17, 15) is 15.2 Å². The largest absolute Gasteiger partial charge is 0.390 e. The first-order valence-electron chi connectivity index (χ1n) is 8.93. The number of likely N-dealkylation sites (tertiary alicyclic amines) is 1. The molecule has 6 aliphatic rings. The summed E-state index contributed by atoms with van der Waals surface area (Å²) in [5.41, 5.74) is 7.75. The van der Waals surface area contributed by atoms with Gasteiger partial charge >= 0.3 is 0 Å². The van der Waals surface area contributed by atoms with Crippen LogP contribution in [0.15, 0.2) is 0 Å². The van der Waals surface area contributed by atoms with Gasteiger partial charge in [0.15, 0.2) is 0 Å². The summed E-state index contributed by atoms with van der Waals surface area (Å²) in [7, 11) is 0. The number of nitrogens with zero attached hydrogens (tertiary/aromatic N) is 2. The fourth-order valence-corrected chi connectivity index (χ4v) is 6.70. The Labute approximate surface area is 136 Å². The standard InChI is InChI=1S/C18H23N3O2/c19-8-13-2-12-3-14(12)21(13)16(22)15(20)17-4-10-1-11(5-17)7-18(23,6-10)9-17/h2,10-15,20,23H,1,3-7,9H2/q+1/t10?,11?,12-,13+,14+,15-,17?,18?/m1/s1. The molecule has 5 aliphatic carbocycles. The first-order valence-corrected chi connectivity index (χ1v) is 8.93. The van der Waals surface area contributed by atoms with E-state index in [4.69, 9.17) is 5.73 Å². The number of nitriles is 1. The zero-order chi connectivity index (χ0) is 16.0. The SMILES string of the molecule is N#C[C@@H]1[CH+][C@@H]2C[C@@H]2N1C(=O)[C@@H]([NH])C12CC3CC(CC(O)(C3)C1)C2. The highest BCUT2D eigenvalue weighted by Crippen LogP contribution is 2.63. The minimum absolute atomic E-state index is 0.164. The molecule has 2 unspecified atom stereocenters. The molecule has 6 atom stereocenters. The summed E-state index contributed by atoms with van der Waals surface area (Å²) in [5.74, 6) is 1.17. The first kappa shape index (κ1) is 14.1. The molecule has 5 saturated carbocycles. The van der Waals surface area contributed by atoms with Crippen LogP contribution in [0.5, 0.6) is 0 Å². The van der Waals surface area contributed by atoms with Gasteiger partial charge < -0.3 is 5.11 Å². The van der Waals surface area contributed by atoms with E-state index in [2.05, 4.69) is 6.07 Å². The molecule has 1 aliphatic heterocycles. The highest BCUT2D eigenvalue weighted by Gasteiger charge is 2.66. The Bertz CT molecular complexity index is 598. The molecule has 0 aromatic rings. The van der Waals surface area contributed by atoms with Crippen molar-refractivity contribution in [2.45, 2.75) is 68.7 Å². The number of fused-ring (bicyclic) bond motifs is 1. The van der Waals surface area contributed by atoms with Crippen LogP contribution in [0.25, 0.3) is 0 Å². The lowest BCUT2D eigenvalue weighted by Gasteiger charge is -2.61. The number of carbonyl (C=O) groups is 1. The van der Waals surface area contributed by atoms with E-state index in [0.717, 1.165) is 38.5 Å². The third kappa shape index (κ3) is 1.85. The molecule has 1 heterocycles. The van der Waals surface area contributed by atoms with Crippen molar-refractivity contribution in [1.29, 1.82) is 5.26 Å². The van der Waals surface area contributed by atoms with Crippen LogP contribution >= 0.6 is 0 Å². The van der Waals surface area contributed by atoms with Crippen molar-refractivity contribution in [3.63, 3.8) is 0 Å². The van der Waals surface area contributed by atoms with Gasteiger partial charge in [0.05, 0.1) is 11.6 Å². The number of nitrogens with one attached hydrogen (secondary N) is 1. The van der Waals surface area contributed by atoms with Crippen molar-refractivity contribution < 1.29 is 9.90 Å². The van der Waals surface area contributed by atoms with Gasteiger partial charge in [-0.2, -0.15) is 5.26 Å². The molecule has 1 radical (unpaired) electrons. The Morgan fingerprint density at radius 1 is 1.30 bits per heavy atom. The van der Waals surface area contributed by atoms with E-state index in [0.29, 0.717) is 24.2 Å². The lowest BCUT2D eigenvalue weighted by Crippen LogP contribution is -2.62. The van der Waals surface area contributed by atoms with Crippen molar-refractivity contribution in [3.8, 4) is 6.07 Å². The van der Waals surface area contributed by atoms with Crippen LogP contribution in [0.3, 0.4) is 0 Å². The summed E-state index contributed by atoms with van der Waals surface area (Å²) in [6, 6.07) is 1.11. The molecule has 0 spiro atoms. The van der Waals surface area contributed by atoms with Gasteiger partial charge in [-0.3, -0.25) is 9.69 Å². The van der Waals surface area contributed by atoms with Crippen LogP contribution in [0.1, 0.15) is 44.9 Å². The monoisotopic (exact) mass is 313 g/mol. The molecule has 6 fully saturated rings. The van der Waals surface area contributed by atoms with E-state index in [1.165, 1.54) is 0 Å². The fourth-order valence-electron chi connectivity index (χ4n) is 6.70. The summed E-state index contributed by atoms with van der Waals surface area (Å²) in [5, 5.41) is 20.2. The summed E-state index contributed by atoms with van der Waals surface area (Å²) in [6.45, 7) is 0. The van der Waals surface area contributed by atoms with Crippen LogP contribution < -0.4 is 5.73 Å². The molecule has 0 aromatic heterocycles. The van der Waals surface area contributed by atoms with E-state index >= 15 is 0 Å². The average molecular weight is 313 g/mol. The summed E-state index contributed by atoms with van der Waals surface area (Å²) in [6.07, 6.45) is 8.23. The number of carbonyl (C=O) groups excluding carboxylic acids is 1. The predicted molar refractivity (Wildman–Crippen MR) is 81.4 cm³/mol. The Hall–Kier alpha value is -1.25. The van der Waals surface area contributed by atoms with Crippen molar-refractivity contribution in [2.75, 3.05) is 0 Å². The summed E-state index contributed by atoms with van der Waals surface area (Å²) in [4.78, 5) is 14.7. The van der Waals surface area contributed by atoms with Gasteiger partial charge in [-0.25, -0.2) is 5.73 Å². The molecule has 1 amide bonds. The molecule has 1 saturated heterocycles. The van der Waals surface area contributed by atoms with E-state index in [1.807, 2.05) is 6.42 Å². The lowest BCUT2D eigenvalue weighted by atomic mass is 9.46. The molecule has 5 nitrogen and oxygen atoms in total. The molecule has 121 valence electrons. The van der Waals surface area contributed by atoms with Crippen LogP contribution in [-0.2, 0) is 4.79 Å². The normalized spacial score (nSPS) is 53.4. The van der Waals surface area contributed by atoms with Crippen molar-refractivity contribution in [3.05, 3.63) is 6.42 Å². The Morgan fingerprint density at radius 3 is 2.61 bits per heavy atom. The van der Waals surface area contributed by atoms with Crippen molar-refractivity contribution in [2.24, 2.45) is 23.2 Å². The molecule has 2 N–H and O–H groups in total. The smallest absolute Gasteiger partial charge is 0.260 e. The molecular formula is C18H23N3O2+. The van der Waals surface area contributed by atoms with Gasteiger partial charge in [-0.15, -0.1) is 0 Å². The molecule has 5 heteroatoms. The predicted octanol–water partition coefficient (Wildman–Crippen LogP) is 1.30. The third-order valence-corrected chi connectivity index (χ3v) is 7.21. The number of piperidine rings is 1. The molecule has 0 aromatic carbocycles. The second-order valence-electron chi connectivity index (χ2n) is 8.96. The fraction of sp³-hybridized carbons (Fsp3) is 0.833. The maximum atomic E-state index is 13.1. The minimum Gasteiger partial charge on any atom is -0.390 e. The van der Waals surface area contributed by atoms with Crippen LogP contribution in [0.2, 0.25) is 0 Å². The number of amides is 1. The molecular weight excluding hydrogens is 290 g/mol. The number of aliphatic hydroxyl groups is 1. The quantitative estimate of drug-likeness (QED) is 0.779. The highest BCUT2D eigenvalue weighted by molar-refractivity contribution is 5.85. The zero-order valence-electron chi connectivity index (χ0n) is 13.2. The van der Waals surface area contributed by atoms with Crippen LogP contribution in [-0.4, -0.2) is 39.6 Å². The summed E-state index contributed by atoms with van der Waals surface area (Å²) < 4.78 is 0. The maximum absolute atomic E-state index is 13.1. The van der Waals surface area contributed by atoms with Gasteiger partial charge in [-0.05, 0) is 55.8 Å². The van der Waals surface area contributed by atoms with Crippen LogP contribution in [0, 0.1) is 40.9 Å². The van der Waals surface area contributed by atoms with Gasteiger partial charge in [0.1, 0.15) is 24.4 Å². The highest BCUT2D eigenvalue weighted by atomic mass is 16.3. The second kappa shape index (κ2) is 4.23. The van der Waals surface area contributed by atoms with E-state index in [1.54, 1.807) is 4.90 Å². The third-order valence-electron chi connectivity index (χ3n) is 7.21. The Balaban J connectivity index is 1.43. The molecule has 23 heavy (non-hydrogen) atoms. The second-order valence-corrected chi connectivity index (χ2v) is 8.96. The van der Waals surface area contributed by atoms with Gasteiger partial charge in [0, 0.05) is 6.42 Å². The number of hydrogen-bond donors (Lipinski definition) is 1. The zero-order valence-corrected chi connectivity index (χ0v) is 13.2. The minimum atomic E-state index is -0.816. The maximum Gasteiger partial charge on any atom is 0.260 e. The molecule has 4 bridgehead atoms. The first-order chi connectivity index (χ1) is 10.9. The van der Waals surface area contributed by atoms with Crippen molar-refractivity contribution in [1.82, 2.24) is 10.6 Å². The average Bonchev–Trinajstić information content (AvgIpc) is 3.14. The van der Waals surface area contributed by atoms with Crippen molar-refractivity contribution >= 4 is 5.91 Å². The van der Waals surface area contributed by atoms with Gasteiger partial charge in [-0.1, -0.05) is 0 Å².